The first kappa shape index (κ1) is 12.4. The fourth-order valence-corrected chi connectivity index (χ4v) is 3.13. The molecule has 1 aromatic heterocycles. The highest BCUT2D eigenvalue weighted by molar-refractivity contribution is 5.92. The minimum atomic E-state index is -0.0878. The van der Waals surface area contributed by atoms with Crippen molar-refractivity contribution in [2.24, 2.45) is 5.92 Å². The van der Waals surface area contributed by atoms with Crippen LogP contribution in [0.25, 0.3) is 0 Å². The number of amides is 1. The quantitative estimate of drug-likeness (QED) is 0.909. The van der Waals surface area contributed by atoms with Crippen LogP contribution in [0, 0.1) is 5.92 Å². The Morgan fingerprint density at radius 3 is 2.85 bits per heavy atom. The van der Waals surface area contributed by atoms with Gasteiger partial charge in [0.2, 0.25) is 0 Å². The Morgan fingerprint density at radius 1 is 1.35 bits per heavy atom. The molecule has 2 aliphatic carbocycles. The van der Waals surface area contributed by atoms with Crippen LogP contribution in [0.15, 0.2) is 10.6 Å². The summed E-state index contributed by atoms with van der Waals surface area (Å²) in [4.78, 5) is 14.8. The van der Waals surface area contributed by atoms with E-state index in [0.29, 0.717) is 17.5 Å². The van der Waals surface area contributed by atoms with Crippen molar-refractivity contribution in [1.29, 1.82) is 0 Å². The lowest BCUT2D eigenvalue weighted by Gasteiger charge is -2.16. The van der Waals surface area contributed by atoms with E-state index in [4.69, 9.17) is 4.52 Å². The number of carbonyl (C=O) groups excluding carboxylic acids is 1. The van der Waals surface area contributed by atoms with Crippen molar-refractivity contribution in [3.05, 3.63) is 17.5 Å². The van der Waals surface area contributed by atoms with Gasteiger partial charge >= 0.3 is 0 Å². The summed E-state index contributed by atoms with van der Waals surface area (Å²) in [5.74, 6) is 1.79. The number of nitrogens with zero attached hydrogens (tertiary/aromatic N) is 2. The second-order valence-corrected chi connectivity index (χ2v) is 6.63. The van der Waals surface area contributed by atoms with Crippen molar-refractivity contribution in [2.75, 3.05) is 13.1 Å². The molecule has 1 amide bonds. The zero-order chi connectivity index (χ0) is 13.7. The number of hydrogen-bond acceptors (Lipinski definition) is 4. The average molecular weight is 275 g/mol. The molecule has 1 N–H and O–H groups in total. The standard InChI is InChI=1S/C15H21N3O2/c1-9-7-18(11-4-5-11)8-13(9)16-15(19)12-6-14(20-17-12)10-2-3-10/h6,9-11,13H,2-5,7-8H2,1H3,(H,16,19)/t9?,13-/m1/s1. The first-order chi connectivity index (χ1) is 9.70. The van der Waals surface area contributed by atoms with Gasteiger partial charge in [-0.25, -0.2) is 0 Å². The van der Waals surface area contributed by atoms with Gasteiger partial charge in [-0.2, -0.15) is 0 Å². The van der Waals surface area contributed by atoms with Gasteiger partial charge in [-0.05, 0) is 31.6 Å². The minimum Gasteiger partial charge on any atom is -0.360 e. The fourth-order valence-electron chi connectivity index (χ4n) is 3.13. The summed E-state index contributed by atoms with van der Waals surface area (Å²) in [5, 5.41) is 7.04. The maximum Gasteiger partial charge on any atom is 0.273 e. The Hall–Kier alpha value is -1.36. The molecule has 2 heterocycles. The molecule has 2 atom stereocenters. The summed E-state index contributed by atoms with van der Waals surface area (Å²) >= 11 is 0. The molecular weight excluding hydrogens is 254 g/mol. The molecule has 5 heteroatoms. The maximum atomic E-state index is 12.2. The lowest BCUT2D eigenvalue weighted by Crippen LogP contribution is -2.40. The molecule has 5 nitrogen and oxygen atoms in total. The van der Waals surface area contributed by atoms with Crippen molar-refractivity contribution < 1.29 is 9.32 Å². The first-order valence-electron chi connectivity index (χ1n) is 7.72. The third-order valence-electron chi connectivity index (χ3n) is 4.76. The number of nitrogens with one attached hydrogen (secondary N) is 1. The van der Waals surface area contributed by atoms with E-state index in [-0.39, 0.29) is 11.9 Å². The van der Waals surface area contributed by atoms with Gasteiger partial charge in [0, 0.05) is 37.2 Å². The van der Waals surface area contributed by atoms with Crippen LogP contribution in [-0.4, -0.2) is 41.1 Å². The van der Waals surface area contributed by atoms with Gasteiger partial charge in [0.15, 0.2) is 5.69 Å². The number of likely N-dealkylation sites (tertiary alicyclic amines) is 1. The predicted octanol–water partition coefficient (Wildman–Crippen LogP) is 1.76. The summed E-state index contributed by atoms with van der Waals surface area (Å²) in [7, 11) is 0. The molecule has 1 unspecified atom stereocenters. The van der Waals surface area contributed by atoms with Crippen LogP contribution in [0.5, 0.6) is 0 Å². The largest absolute Gasteiger partial charge is 0.360 e. The molecular formula is C15H21N3O2. The summed E-state index contributed by atoms with van der Waals surface area (Å²) in [5.41, 5.74) is 0.434. The van der Waals surface area contributed by atoms with Crippen LogP contribution < -0.4 is 5.32 Å². The molecule has 0 radical (unpaired) electrons. The third-order valence-corrected chi connectivity index (χ3v) is 4.76. The van der Waals surface area contributed by atoms with Crippen molar-refractivity contribution in [2.45, 2.75) is 50.6 Å². The van der Waals surface area contributed by atoms with E-state index >= 15 is 0 Å². The van der Waals surface area contributed by atoms with Crippen LogP contribution in [0.4, 0.5) is 0 Å². The highest BCUT2D eigenvalue weighted by Gasteiger charge is 2.39. The summed E-state index contributed by atoms with van der Waals surface area (Å²) in [6.07, 6.45) is 4.96. The zero-order valence-corrected chi connectivity index (χ0v) is 11.8. The van der Waals surface area contributed by atoms with E-state index in [1.165, 1.54) is 12.8 Å². The Labute approximate surface area is 118 Å². The lowest BCUT2D eigenvalue weighted by atomic mass is 10.1. The third kappa shape index (κ3) is 2.35. The van der Waals surface area contributed by atoms with E-state index in [1.54, 1.807) is 0 Å². The molecule has 20 heavy (non-hydrogen) atoms. The highest BCUT2D eigenvalue weighted by atomic mass is 16.5. The van der Waals surface area contributed by atoms with E-state index in [0.717, 1.165) is 37.7 Å². The van der Waals surface area contributed by atoms with E-state index in [9.17, 15) is 4.79 Å². The van der Waals surface area contributed by atoms with Crippen molar-refractivity contribution in [3.63, 3.8) is 0 Å². The van der Waals surface area contributed by atoms with E-state index in [1.807, 2.05) is 6.07 Å². The number of aromatic nitrogens is 1. The normalized spacial score (nSPS) is 30.6. The first-order valence-corrected chi connectivity index (χ1v) is 7.72. The molecule has 2 saturated carbocycles. The van der Waals surface area contributed by atoms with Crippen LogP contribution >= 0.6 is 0 Å². The van der Waals surface area contributed by atoms with Crippen LogP contribution in [0.2, 0.25) is 0 Å². The van der Waals surface area contributed by atoms with Crippen molar-refractivity contribution in [3.8, 4) is 0 Å². The molecule has 3 fully saturated rings. The Balaban J connectivity index is 1.38. The van der Waals surface area contributed by atoms with Gasteiger partial charge in [0.1, 0.15) is 5.76 Å². The lowest BCUT2D eigenvalue weighted by molar-refractivity contribution is 0.0922. The molecule has 3 aliphatic rings. The van der Waals surface area contributed by atoms with E-state index in [2.05, 4.69) is 22.3 Å². The Morgan fingerprint density at radius 2 is 2.15 bits per heavy atom. The minimum absolute atomic E-state index is 0.0878. The monoisotopic (exact) mass is 275 g/mol. The fraction of sp³-hybridized carbons (Fsp3) is 0.733. The SMILES string of the molecule is CC1CN(C2CC2)C[C@H]1NC(=O)c1cc(C2CC2)on1. The molecule has 1 aliphatic heterocycles. The van der Waals surface area contributed by atoms with E-state index < -0.39 is 0 Å². The van der Waals surface area contributed by atoms with Crippen LogP contribution in [0.3, 0.4) is 0 Å². The molecule has 108 valence electrons. The summed E-state index contributed by atoms with van der Waals surface area (Å²) < 4.78 is 5.25. The van der Waals surface area contributed by atoms with Crippen molar-refractivity contribution >= 4 is 5.91 Å². The smallest absolute Gasteiger partial charge is 0.273 e. The average Bonchev–Trinajstić information content (AvgIpc) is 3.36. The summed E-state index contributed by atoms with van der Waals surface area (Å²) in [6, 6.07) is 2.82. The molecule has 4 rings (SSSR count). The van der Waals surface area contributed by atoms with Crippen LogP contribution in [-0.2, 0) is 0 Å². The molecule has 0 spiro atoms. The maximum absolute atomic E-state index is 12.2. The van der Waals surface area contributed by atoms with Gasteiger partial charge in [-0.3, -0.25) is 9.69 Å². The molecule has 1 saturated heterocycles. The second kappa shape index (κ2) is 4.58. The van der Waals surface area contributed by atoms with Crippen LogP contribution in [0.1, 0.15) is 54.8 Å². The number of hydrogen-bond donors (Lipinski definition) is 1. The topological polar surface area (TPSA) is 58.4 Å². The Bertz CT molecular complexity index is 519. The predicted molar refractivity (Wildman–Crippen MR) is 73.5 cm³/mol. The van der Waals surface area contributed by atoms with Gasteiger partial charge in [0.05, 0.1) is 0 Å². The molecule has 0 bridgehead atoms. The van der Waals surface area contributed by atoms with Gasteiger partial charge < -0.3 is 9.84 Å². The van der Waals surface area contributed by atoms with Gasteiger partial charge in [-0.1, -0.05) is 12.1 Å². The highest BCUT2D eigenvalue weighted by Crippen LogP contribution is 2.40. The number of carbonyl (C=O) groups is 1. The number of rotatable bonds is 4. The van der Waals surface area contributed by atoms with Gasteiger partial charge in [0.25, 0.3) is 5.91 Å². The van der Waals surface area contributed by atoms with Gasteiger partial charge in [-0.15, -0.1) is 0 Å². The Kier molecular flexibility index (Phi) is 2.84. The second-order valence-electron chi connectivity index (χ2n) is 6.63. The molecule has 1 aromatic rings. The molecule has 0 aromatic carbocycles. The zero-order valence-electron chi connectivity index (χ0n) is 11.8. The summed E-state index contributed by atoms with van der Waals surface area (Å²) in [6.45, 7) is 4.29. The van der Waals surface area contributed by atoms with Crippen molar-refractivity contribution in [1.82, 2.24) is 15.4 Å².